The summed E-state index contributed by atoms with van der Waals surface area (Å²) in [5, 5.41) is 4.04. The van der Waals surface area contributed by atoms with E-state index in [4.69, 9.17) is 10.3 Å². The van der Waals surface area contributed by atoms with Crippen LogP contribution < -0.4 is 10.6 Å². The Morgan fingerprint density at radius 2 is 2.06 bits per heavy atom. The standard InChI is InChI=1S/C13H16N4O/c1-9-5-4-6-10(14)11(9)12-15-13(16-18-12)17-7-2-3-8-17/h4-6H,2-3,7-8,14H2,1H3. The van der Waals surface area contributed by atoms with E-state index in [1.165, 1.54) is 12.8 Å². The number of nitrogen functional groups attached to an aromatic ring is 1. The molecule has 2 aromatic rings. The largest absolute Gasteiger partial charge is 0.398 e. The lowest BCUT2D eigenvalue weighted by atomic mass is 10.1. The predicted molar refractivity (Wildman–Crippen MR) is 70.3 cm³/mol. The lowest BCUT2D eigenvalue weighted by Crippen LogP contribution is -2.18. The summed E-state index contributed by atoms with van der Waals surface area (Å²) in [6.07, 6.45) is 2.38. The van der Waals surface area contributed by atoms with Crippen molar-refractivity contribution in [2.75, 3.05) is 23.7 Å². The van der Waals surface area contributed by atoms with Crippen LogP contribution in [-0.2, 0) is 0 Å². The Hall–Kier alpha value is -2.04. The highest BCUT2D eigenvalue weighted by atomic mass is 16.5. The van der Waals surface area contributed by atoms with Gasteiger partial charge in [0.1, 0.15) is 0 Å². The Bertz CT molecular complexity index is 538. The molecule has 0 saturated carbocycles. The number of anilines is 2. The SMILES string of the molecule is Cc1cccc(N)c1-c1nc(N2CCCC2)no1. The molecule has 3 rings (SSSR count). The molecule has 0 aliphatic carbocycles. The highest BCUT2D eigenvalue weighted by Gasteiger charge is 2.20. The fourth-order valence-corrected chi connectivity index (χ4v) is 2.35. The molecular formula is C13H16N4O. The average Bonchev–Trinajstić information content (AvgIpc) is 2.99. The van der Waals surface area contributed by atoms with Gasteiger partial charge in [0.15, 0.2) is 0 Å². The number of benzene rings is 1. The number of nitrogens with two attached hydrogens (primary N) is 1. The number of aromatic nitrogens is 2. The zero-order valence-electron chi connectivity index (χ0n) is 10.4. The van der Waals surface area contributed by atoms with E-state index in [9.17, 15) is 0 Å². The van der Waals surface area contributed by atoms with Crippen LogP contribution in [0.3, 0.4) is 0 Å². The molecule has 2 N–H and O–H groups in total. The first-order chi connectivity index (χ1) is 8.75. The molecule has 1 aromatic carbocycles. The highest BCUT2D eigenvalue weighted by molar-refractivity contribution is 5.74. The number of aryl methyl sites for hydroxylation is 1. The van der Waals surface area contributed by atoms with E-state index in [1.807, 2.05) is 25.1 Å². The summed E-state index contributed by atoms with van der Waals surface area (Å²) in [6, 6.07) is 5.76. The Kier molecular flexibility index (Phi) is 2.66. The van der Waals surface area contributed by atoms with Crippen LogP contribution in [0.15, 0.2) is 22.7 Å². The van der Waals surface area contributed by atoms with Gasteiger partial charge in [0.2, 0.25) is 0 Å². The number of nitrogens with zero attached hydrogens (tertiary/aromatic N) is 3. The van der Waals surface area contributed by atoms with Gasteiger partial charge in [-0.1, -0.05) is 12.1 Å². The summed E-state index contributed by atoms with van der Waals surface area (Å²) in [6.45, 7) is 4.00. The van der Waals surface area contributed by atoms with Gasteiger partial charge in [-0.05, 0) is 36.6 Å². The first-order valence-corrected chi connectivity index (χ1v) is 6.20. The molecular weight excluding hydrogens is 228 g/mol. The van der Waals surface area contributed by atoms with Gasteiger partial charge < -0.3 is 15.2 Å². The van der Waals surface area contributed by atoms with Crippen molar-refractivity contribution in [3.05, 3.63) is 23.8 Å². The minimum Gasteiger partial charge on any atom is -0.398 e. The molecule has 1 aromatic heterocycles. The van der Waals surface area contributed by atoms with Crippen molar-refractivity contribution in [2.24, 2.45) is 0 Å². The second-order valence-corrected chi connectivity index (χ2v) is 4.63. The van der Waals surface area contributed by atoms with Crippen LogP contribution in [0.1, 0.15) is 18.4 Å². The van der Waals surface area contributed by atoms with E-state index in [2.05, 4.69) is 15.0 Å². The average molecular weight is 244 g/mol. The van der Waals surface area contributed by atoms with Gasteiger partial charge in [0.25, 0.3) is 11.8 Å². The van der Waals surface area contributed by atoms with Crippen molar-refractivity contribution < 1.29 is 4.52 Å². The highest BCUT2D eigenvalue weighted by Crippen LogP contribution is 2.29. The van der Waals surface area contributed by atoms with E-state index >= 15 is 0 Å². The summed E-state index contributed by atoms with van der Waals surface area (Å²) < 4.78 is 5.34. The van der Waals surface area contributed by atoms with Gasteiger partial charge in [-0.2, -0.15) is 4.98 Å². The summed E-state index contributed by atoms with van der Waals surface area (Å²) in [7, 11) is 0. The normalized spacial score (nSPS) is 15.3. The van der Waals surface area contributed by atoms with Crippen molar-refractivity contribution in [1.82, 2.24) is 10.1 Å². The van der Waals surface area contributed by atoms with Crippen LogP contribution >= 0.6 is 0 Å². The van der Waals surface area contributed by atoms with Crippen molar-refractivity contribution in [2.45, 2.75) is 19.8 Å². The Morgan fingerprint density at radius 3 is 2.78 bits per heavy atom. The van der Waals surface area contributed by atoms with E-state index in [0.29, 0.717) is 17.5 Å². The molecule has 1 aliphatic heterocycles. The molecule has 0 bridgehead atoms. The van der Waals surface area contributed by atoms with Gasteiger partial charge in [-0.15, -0.1) is 0 Å². The molecule has 0 radical (unpaired) electrons. The number of hydrogen-bond donors (Lipinski definition) is 1. The Morgan fingerprint density at radius 1 is 1.28 bits per heavy atom. The summed E-state index contributed by atoms with van der Waals surface area (Å²) in [5.41, 5.74) is 8.54. The van der Waals surface area contributed by atoms with Crippen LogP contribution in [0.4, 0.5) is 11.6 Å². The van der Waals surface area contributed by atoms with E-state index < -0.39 is 0 Å². The molecule has 18 heavy (non-hydrogen) atoms. The van der Waals surface area contributed by atoms with Crippen LogP contribution in [0.5, 0.6) is 0 Å². The smallest absolute Gasteiger partial charge is 0.266 e. The van der Waals surface area contributed by atoms with E-state index in [-0.39, 0.29) is 0 Å². The minimum atomic E-state index is 0.507. The molecule has 0 unspecified atom stereocenters. The zero-order valence-corrected chi connectivity index (χ0v) is 10.4. The molecule has 0 amide bonds. The van der Waals surface area contributed by atoms with Crippen LogP contribution in [0.25, 0.3) is 11.5 Å². The van der Waals surface area contributed by atoms with Gasteiger partial charge in [0, 0.05) is 18.8 Å². The third-order valence-corrected chi connectivity index (χ3v) is 3.32. The molecule has 0 spiro atoms. The van der Waals surface area contributed by atoms with Gasteiger partial charge in [0.05, 0.1) is 5.56 Å². The first-order valence-electron chi connectivity index (χ1n) is 6.20. The molecule has 5 heteroatoms. The lowest BCUT2D eigenvalue weighted by Gasteiger charge is -2.09. The minimum absolute atomic E-state index is 0.507. The summed E-state index contributed by atoms with van der Waals surface area (Å²) in [5.74, 6) is 1.18. The van der Waals surface area contributed by atoms with Gasteiger partial charge in [-0.25, -0.2) is 0 Å². The quantitative estimate of drug-likeness (QED) is 0.820. The third-order valence-electron chi connectivity index (χ3n) is 3.32. The molecule has 5 nitrogen and oxygen atoms in total. The fraction of sp³-hybridized carbons (Fsp3) is 0.385. The van der Waals surface area contributed by atoms with Crippen molar-refractivity contribution in [1.29, 1.82) is 0 Å². The third kappa shape index (κ3) is 1.81. The van der Waals surface area contributed by atoms with Gasteiger partial charge in [-0.3, -0.25) is 0 Å². The Balaban J connectivity index is 1.97. The van der Waals surface area contributed by atoms with E-state index in [0.717, 1.165) is 24.2 Å². The maximum Gasteiger partial charge on any atom is 0.266 e. The van der Waals surface area contributed by atoms with Crippen molar-refractivity contribution in [3.63, 3.8) is 0 Å². The number of hydrogen-bond acceptors (Lipinski definition) is 5. The molecule has 1 aliphatic rings. The molecule has 2 heterocycles. The molecule has 1 fully saturated rings. The van der Waals surface area contributed by atoms with Crippen LogP contribution in [-0.4, -0.2) is 23.2 Å². The first kappa shape index (κ1) is 11.1. The maximum absolute atomic E-state index is 5.97. The van der Waals surface area contributed by atoms with Gasteiger partial charge >= 0.3 is 0 Å². The lowest BCUT2D eigenvalue weighted by molar-refractivity contribution is 0.430. The number of rotatable bonds is 2. The fourth-order valence-electron chi connectivity index (χ4n) is 2.35. The van der Waals surface area contributed by atoms with Crippen LogP contribution in [0, 0.1) is 6.92 Å². The van der Waals surface area contributed by atoms with Crippen LogP contribution in [0.2, 0.25) is 0 Å². The predicted octanol–water partition coefficient (Wildman–Crippen LogP) is 2.23. The van der Waals surface area contributed by atoms with Crippen molar-refractivity contribution >= 4 is 11.6 Å². The maximum atomic E-state index is 5.97. The van der Waals surface area contributed by atoms with Crippen molar-refractivity contribution in [3.8, 4) is 11.5 Å². The molecule has 0 atom stereocenters. The summed E-state index contributed by atoms with van der Waals surface area (Å²) >= 11 is 0. The zero-order chi connectivity index (χ0) is 12.5. The Labute approximate surface area is 106 Å². The molecule has 94 valence electrons. The monoisotopic (exact) mass is 244 g/mol. The summed E-state index contributed by atoms with van der Waals surface area (Å²) in [4.78, 5) is 6.59. The van der Waals surface area contributed by atoms with E-state index in [1.54, 1.807) is 0 Å². The second-order valence-electron chi connectivity index (χ2n) is 4.63. The second kappa shape index (κ2) is 4.33. The molecule has 1 saturated heterocycles. The topological polar surface area (TPSA) is 68.2 Å².